The Labute approximate surface area is 226 Å². The van der Waals surface area contributed by atoms with E-state index in [1.54, 1.807) is 24.3 Å². The third-order valence-electron chi connectivity index (χ3n) is 8.50. The molecule has 9 heteroatoms. The molecular weight excluding hydrogens is 500 g/mol. The first-order chi connectivity index (χ1) is 18.5. The molecule has 0 amide bonds. The molecule has 2 aliphatic rings. The molecule has 1 N–H and O–H groups in total. The number of nitro benzene ring substituents is 2. The number of fused-ring (bicyclic) bond motifs is 2. The first kappa shape index (κ1) is 26.6. The van der Waals surface area contributed by atoms with Crippen LogP contribution in [0.4, 0.5) is 11.4 Å². The zero-order chi connectivity index (χ0) is 27.9. The second-order valence-corrected chi connectivity index (χ2v) is 11.4. The van der Waals surface area contributed by atoms with Crippen molar-refractivity contribution in [2.45, 2.75) is 64.8 Å². The van der Waals surface area contributed by atoms with Gasteiger partial charge in [-0.15, -0.1) is 0 Å². The van der Waals surface area contributed by atoms with Crippen LogP contribution in [0.3, 0.4) is 0 Å². The van der Waals surface area contributed by atoms with Crippen molar-refractivity contribution >= 4 is 11.4 Å². The summed E-state index contributed by atoms with van der Waals surface area (Å²) in [5.74, 6) is 1.51. The minimum Gasteiger partial charge on any atom is -0.488 e. The fourth-order valence-corrected chi connectivity index (χ4v) is 6.08. The molecule has 0 spiro atoms. The van der Waals surface area contributed by atoms with E-state index in [0.29, 0.717) is 18.6 Å². The first-order valence-electron chi connectivity index (χ1n) is 13.1. The molecule has 3 atom stereocenters. The lowest BCUT2D eigenvalue weighted by Gasteiger charge is -2.55. The summed E-state index contributed by atoms with van der Waals surface area (Å²) in [5, 5.41) is 32.9. The van der Waals surface area contributed by atoms with Gasteiger partial charge in [-0.25, -0.2) is 0 Å². The predicted octanol–water partition coefficient (Wildman–Crippen LogP) is 6.16. The lowest BCUT2D eigenvalue weighted by Crippen LogP contribution is -2.58. The van der Waals surface area contributed by atoms with Crippen LogP contribution in [0.15, 0.2) is 60.7 Å². The van der Waals surface area contributed by atoms with Gasteiger partial charge in [0.1, 0.15) is 23.7 Å². The summed E-state index contributed by atoms with van der Waals surface area (Å²) >= 11 is 0. The summed E-state index contributed by atoms with van der Waals surface area (Å²) in [6, 6.07) is 16.7. The van der Waals surface area contributed by atoms with Gasteiger partial charge in [0.15, 0.2) is 0 Å². The number of aliphatic hydroxyl groups excluding tert-OH is 1. The number of hydrogen-bond acceptors (Lipinski definition) is 7. The maximum absolute atomic E-state index is 11.1. The molecule has 0 radical (unpaired) electrons. The topological polar surface area (TPSA) is 125 Å². The molecular formula is C30H32N2O7. The van der Waals surface area contributed by atoms with E-state index in [1.807, 2.05) is 6.07 Å². The Kier molecular flexibility index (Phi) is 6.80. The average molecular weight is 533 g/mol. The minimum atomic E-state index is -0.437. The van der Waals surface area contributed by atoms with Crippen LogP contribution in [-0.2, 0) is 19.4 Å². The van der Waals surface area contributed by atoms with Gasteiger partial charge in [-0.05, 0) is 72.1 Å². The molecule has 5 rings (SSSR count). The Morgan fingerprint density at radius 3 is 2.13 bits per heavy atom. The minimum absolute atomic E-state index is 0.0168. The van der Waals surface area contributed by atoms with Crippen molar-refractivity contribution in [1.29, 1.82) is 0 Å². The van der Waals surface area contributed by atoms with Crippen LogP contribution in [0.25, 0.3) is 0 Å². The molecule has 1 aliphatic heterocycles. The Morgan fingerprint density at radius 2 is 1.54 bits per heavy atom. The van der Waals surface area contributed by atoms with E-state index < -0.39 is 21.6 Å². The molecule has 1 saturated carbocycles. The SMILES string of the molecule is CC1(C)[C@H](O)CC[C@@]2(C)Oc3cc(OCc4ccc([N+](=O)[O-])cc4)c(Cc4ccc([N+](=O)[O-])cc4)cc3C[C@H]12. The monoisotopic (exact) mass is 532 g/mol. The second kappa shape index (κ2) is 9.96. The Balaban J connectivity index is 1.48. The van der Waals surface area contributed by atoms with Gasteiger partial charge in [-0.2, -0.15) is 0 Å². The molecule has 0 unspecified atom stereocenters. The fraction of sp³-hybridized carbons (Fsp3) is 0.400. The predicted molar refractivity (Wildman–Crippen MR) is 145 cm³/mol. The van der Waals surface area contributed by atoms with E-state index in [1.165, 1.54) is 24.3 Å². The van der Waals surface area contributed by atoms with Crippen molar-refractivity contribution in [1.82, 2.24) is 0 Å². The van der Waals surface area contributed by atoms with Gasteiger partial charge in [0.25, 0.3) is 11.4 Å². The van der Waals surface area contributed by atoms with E-state index in [4.69, 9.17) is 9.47 Å². The van der Waals surface area contributed by atoms with Gasteiger partial charge in [-0.1, -0.05) is 26.0 Å². The molecule has 3 aromatic rings. The molecule has 39 heavy (non-hydrogen) atoms. The van der Waals surface area contributed by atoms with E-state index in [0.717, 1.165) is 40.8 Å². The standard InChI is InChI=1S/C30H32N2O7/c1-29(2)27-16-22-15-21(14-19-4-8-23(9-5-19)31(34)35)25(17-26(22)39-30(27,3)13-12-28(29)33)38-18-20-6-10-24(11-7-20)32(36)37/h4-11,15,17,27-28,33H,12-14,16,18H2,1-3H3/t27-,28-,30-/m1/s1. The molecule has 9 nitrogen and oxygen atoms in total. The summed E-state index contributed by atoms with van der Waals surface area (Å²) in [6.45, 7) is 6.54. The normalized spacial score (nSPS) is 23.2. The highest BCUT2D eigenvalue weighted by Crippen LogP contribution is 2.53. The maximum Gasteiger partial charge on any atom is 0.269 e. The van der Waals surface area contributed by atoms with Gasteiger partial charge in [0.2, 0.25) is 0 Å². The molecule has 1 heterocycles. The number of rotatable bonds is 7. The van der Waals surface area contributed by atoms with Gasteiger partial charge >= 0.3 is 0 Å². The molecule has 0 aromatic heterocycles. The summed E-state index contributed by atoms with van der Waals surface area (Å²) < 4.78 is 12.9. The summed E-state index contributed by atoms with van der Waals surface area (Å²) in [4.78, 5) is 21.2. The number of non-ortho nitro benzene ring substituents is 2. The van der Waals surface area contributed by atoms with E-state index in [-0.39, 0.29) is 29.3 Å². The Bertz CT molecular complexity index is 1400. The largest absolute Gasteiger partial charge is 0.488 e. The van der Waals surface area contributed by atoms with Crippen molar-refractivity contribution in [2.24, 2.45) is 11.3 Å². The highest BCUT2D eigenvalue weighted by molar-refractivity contribution is 5.51. The van der Waals surface area contributed by atoms with Crippen LogP contribution in [0.1, 0.15) is 55.9 Å². The molecule has 1 aliphatic carbocycles. The van der Waals surface area contributed by atoms with E-state index in [9.17, 15) is 25.3 Å². The van der Waals surface area contributed by atoms with E-state index >= 15 is 0 Å². The highest BCUT2D eigenvalue weighted by atomic mass is 16.6. The van der Waals surface area contributed by atoms with Crippen molar-refractivity contribution in [3.05, 3.63) is 103 Å². The lowest BCUT2D eigenvalue weighted by atomic mass is 9.57. The van der Waals surface area contributed by atoms with Crippen molar-refractivity contribution < 1.29 is 24.4 Å². The van der Waals surface area contributed by atoms with Crippen LogP contribution >= 0.6 is 0 Å². The van der Waals surface area contributed by atoms with Crippen LogP contribution in [0.2, 0.25) is 0 Å². The molecule has 204 valence electrons. The van der Waals surface area contributed by atoms with Crippen molar-refractivity contribution in [3.8, 4) is 11.5 Å². The molecule has 0 bridgehead atoms. The maximum atomic E-state index is 11.1. The molecule has 1 fully saturated rings. The smallest absolute Gasteiger partial charge is 0.269 e. The first-order valence-corrected chi connectivity index (χ1v) is 13.1. The fourth-order valence-electron chi connectivity index (χ4n) is 6.08. The van der Waals surface area contributed by atoms with Crippen molar-refractivity contribution in [3.63, 3.8) is 0 Å². The third-order valence-corrected chi connectivity index (χ3v) is 8.50. The quantitative estimate of drug-likeness (QED) is 0.285. The third kappa shape index (κ3) is 5.18. The highest BCUT2D eigenvalue weighted by Gasteiger charge is 2.54. The number of ether oxygens (including phenoxy) is 2. The molecule has 0 saturated heterocycles. The number of benzene rings is 3. The van der Waals surface area contributed by atoms with Gasteiger partial charge in [-0.3, -0.25) is 20.2 Å². The number of hydrogen-bond donors (Lipinski definition) is 1. The zero-order valence-electron chi connectivity index (χ0n) is 22.3. The van der Waals surface area contributed by atoms with Gasteiger partial charge < -0.3 is 14.6 Å². The summed E-state index contributed by atoms with van der Waals surface area (Å²) in [6.07, 6.45) is 2.28. The van der Waals surface area contributed by atoms with Crippen LogP contribution in [0, 0.1) is 31.6 Å². The lowest BCUT2D eigenvalue weighted by molar-refractivity contribution is -0.385. The van der Waals surface area contributed by atoms with Crippen LogP contribution in [-0.4, -0.2) is 26.7 Å². The van der Waals surface area contributed by atoms with Crippen LogP contribution < -0.4 is 9.47 Å². The van der Waals surface area contributed by atoms with E-state index in [2.05, 4.69) is 26.8 Å². The molecule has 3 aromatic carbocycles. The number of nitrogens with zero attached hydrogens (tertiary/aromatic N) is 2. The number of aliphatic hydroxyl groups is 1. The second-order valence-electron chi connectivity index (χ2n) is 11.4. The Morgan fingerprint density at radius 1 is 0.949 bits per heavy atom. The summed E-state index contributed by atoms with van der Waals surface area (Å²) in [7, 11) is 0. The summed E-state index contributed by atoms with van der Waals surface area (Å²) in [5.41, 5.74) is 2.96. The van der Waals surface area contributed by atoms with Crippen LogP contribution in [0.5, 0.6) is 11.5 Å². The van der Waals surface area contributed by atoms with Crippen molar-refractivity contribution in [2.75, 3.05) is 0 Å². The van der Waals surface area contributed by atoms with Gasteiger partial charge in [0.05, 0.1) is 16.0 Å². The Hall–Kier alpha value is -3.98. The zero-order valence-corrected chi connectivity index (χ0v) is 22.3. The van der Waals surface area contributed by atoms with Gasteiger partial charge in [0, 0.05) is 42.7 Å². The average Bonchev–Trinajstić information content (AvgIpc) is 2.90. The number of nitro groups is 2.